The predicted octanol–water partition coefficient (Wildman–Crippen LogP) is 2.52. The summed E-state index contributed by atoms with van der Waals surface area (Å²) >= 11 is 0. The third kappa shape index (κ3) is 5.11. The number of benzene rings is 1. The van der Waals surface area contributed by atoms with Crippen LogP contribution < -0.4 is 5.32 Å². The molecule has 1 N–H and O–H groups in total. The highest BCUT2D eigenvalue weighted by molar-refractivity contribution is 5.99. The molecule has 0 spiro atoms. The van der Waals surface area contributed by atoms with Crippen LogP contribution in [0.15, 0.2) is 42.9 Å². The summed E-state index contributed by atoms with van der Waals surface area (Å²) < 4.78 is 0. The number of carbonyl (C=O) groups excluding carboxylic acids is 2. The van der Waals surface area contributed by atoms with Crippen molar-refractivity contribution in [2.24, 2.45) is 0 Å². The molecule has 1 aromatic heterocycles. The zero-order valence-corrected chi connectivity index (χ0v) is 14.7. The van der Waals surface area contributed by atoms with E-state index in [1.165, 1.54) is 12.5 Å². The summed E-state index contributed by atoms with van der Waals surface area (Å²) in [6, 6.07) is 9.52. The van der Waals surface area contributed by atoms with Crippen LogP contribution in [0.1, 0.15) is 37.0 Å². The Balaban J connectivity index is 1.93. The number of nitrogens with zero attached hydrogens (tertiary/aromatic N) is 3. The number of hydrogen-bond donors (Lipinski definition) is 1. The van der Waals surface area contributed by atoms with Crippen molar-refractivity contribution in [1.29, 1.82) is 0 Å². The second kappa shape index (κ2) is 9.52. The van der Waals surface area contributed by atoms with Gasteiger partial charge in [-0.05, 0) is 20.3 Å². The molecule has 2 rings (SSSR count). The second-order valence-electron chi connectivity index (χ2n) is 5.58. The lowest BCUT2D eigenvalue weighted by Crippen LogP contribution is -2.31. The molecule has 0 aliphatic rings. The number of aromatic nitrogens is 2. The van der Waals surface area contributed by atoms with Crippen LogP contribution >= 0.6 is 0 Å². The maximum atomic E-state index is 12.4. The van der Waals surface area contributed by atoms with Crippen molar-refractivity contribution in [3.05, 3.63) is 48.4 Å². The molecule has 0 aliphatic carbocycles. The van der Waals surface area contributed by atoms with Crippen LogP contribution in [0, 0.1) is 0 Å². The lowest BCUT2D eigenvalue weighted by molar-refractivity contribution is -0.130. The number of hydrogen-bond acceptors (Lipinski definition) is 4. The molecule has 1 aromatic carbocycles. The molecule has 0 unspecified atom stereocenters. The standard InChI is InChI=1S/C19H24N4O2/c1-3-23(4-2)17(24)11-8-12-21-19(25)16-13-20-14-22-18(16)15-9-6-5-7-10-15/h5-7,9-10,13-14H,3-4,8,11-12H2,1-2H3,(H,21,25). The van der Waals surface area contributed by atoms with Crippen molar-refractivity contribution in [2.75, 3.05) is 19.6 Å². The minimum atomic E-state index is -0.227. The van der Waals surface area contributed by atoms with Gasteiger partial charge in [-0.15, -0.1) is 0 Å². The molecule has 0 radical (unpaired) electrons. The van der Waals surface area contributed by atoms with E-state index in [-0.39, 0.29) is 11.8 Å². The van der Waals surface area contributed by atoms with Crippen LogP contribution in [0.2, 0.25) is 0 Å². The van der Waals surface area contributed by atoms with Crippen LogP contribution in [0.4, 0.5) is 0 Å². The highest BCUT2D eigenvalue weighted by Crippen LogP contribution is 2.19. The molecule has 132 valence electrons. The van der Waals surface area contributed by atoms with E-state index in [4.69, 9.17) is 0 Å². The van der Waals surface area contributed by atoms with Crippen LogP contribution in [0.25, 0.3) is 11.3 Å². The average Bonchev–Trinajstić information content (AvgIpc) is 2.66. The van der Waals surface area contributed by atoms with Crippen LogP contribution in [-0.4, -0.2) is 46.3 Å². The number of amides is 2. The van der Waals surface area contributed by atoms with Gasteiger partial charge < -0.3 is 10.2 Å². The molecule has 0 atom stereocenters. The van der Waals surface area contributed by atoms with Crippen molar-refractivity contribution in [3.8, 4) is 11.3 Å². The predicted molar refractivity (Wildman–Crippen MR) is 97.0 cm³/mol. The first-order valence-corrected chi connectivity index (χ1v) is 8.58. The molecule has 2 aromatic rings. The zero-order valence-electron chi connectivity index (χ0n) is 14.7. The summed E-state index contributed by atoms with van der Waals surface area (Å²) in [5.74, 6) is -0.109. The second-order valence-corrected chi connectivity index (χ2v) is 5.58. The Kier molecular flexibility index (Phi) is 7.07. The van der Waals surface area contributed by atoms with Crippen molar-refractivity contribution in [1.82, 2.24) is 20.2 Å². The normalized spacial score (nSPS) is 10.3. The molecule has 6 nitrogen and oxygen atoms in total. The van der Waals surface area contributed by atoms with E-state index in [2.05, 4.69) is 15.3 Å². The quantitative estimate of drug-likeness (QED) is 0.749. The molecular formula is C19H24N4O2. The summed E-state index contributed by atoms with van der Waals surface area (Å²) in [5, 5.41) is 2.85. The molecule has 1 heterocycles. The van der Waals surface area contributed by atoms with E-state index < -0.39 is 0 Å². The SMILES string of the molecule is CCN(CC)C(=O)CCCNC(=O)c1cncnc1-c1ccccc1. The molecule has 0 aliphatic heterocycles. The maximum Gasteiger partial charge on any atom is 0.255 e. The molecule has 0 fully saturated rings. The Morgan fingerprint density at radius 1 is 1.12 bits per heavy atom. The Hall–Kier alpha value is -2.76. The Labute approximate surface area is 148 Å². The van der Waals surface area contributed by atoms with Crippen LogP contribution in [0.5, 0.6) is 0 Å². The first-order chi connectivity index (χ1) is 12.2. The van der Waals surface area contributed by atoms with Gasteiger partial charge in [0.1, 0.15) is 6.33 Å². The van der Waals surface area contributed by atoms with E-state index in [9.17, 15) is 9.59 Å². The molecule has 2 amide bonds. The minimum absolute atomic E-state index is 0.118. The zero-order chi connectivity index (χ0) is 18.1. The van der Waals surface area contributed by atoms with E-state index in [0.717, 1.165) is 5.56 Å². The first kappa shape index (κ1) is 18.6. The van der Waals surface area contributed by atoms with Gasteiger partial charge in [0.2, 0.25) is 5.91 Å². The fraction of sp³-hybridized carbons (Fsp3) is 0.368. The van der Waals surface area contributed by atoms with Gasteiger partial charge in [-0.25, -0.2) is 9.97 Å². The monoisotopic (exact) mass is 340 g/mol. The number of rotatable bonds is 8. The molecular weight excluding hydrogens is 316 g/mol. The number of nitrogens with one attached hydrogen (secondary N) is 1. The smallest absolute Gasteiger partial charge is 0.255 e. The van der Waals surface area contributed by atoms with Gasteiger partial charge in [-0.3, -0.25) is 9.59 Å². The largest absolute Gasteiger partial charge is 0.352 e. The number of carbonyl (C=O) groups is 2. The minimum Gasteiger partial charge on any atom is -0.352 e. The van der Waals surface area contributed by atoms with Crippen molar-refractivity contribution >= 4 is 11.8 Å². The lowest BCUT2D eigenvalue weighted by atomic mass is 10.1. The van der Waals surface area contributed by atoms with Gasteiger partial charge in [0, 0.05) is 37.8 Å². The fourth-order valence-electron chi connectivity index (χ4n) is 2.59. The Bertz CT molecular complexity index is 700. The molecule has 6 heteroatoms. The third-order valence-corrected chi connectivity index (χ3v) is 3.97. The maximum absolute atomic E-state index is 12.4. The third-order valence-electron chi connectivity index (χ3n) is 3.97. The molecule has 0 bridgehead atoms. The van der Waals surface area contributed by atoms with Crippen LogP contribution in [-0.2, 0) is 4.79 Å². The Morgan fingerprint density at radius 2 is 1.84 bits per heavy atom. The van der Waals surface area contributed by atoms with Gasteiger partial charge in [-0.2, -0.15) is 0 Å². The van der Waals surface area contributed by atoms with Gasteiger partial charge in [0.25, 0.3) is 5.91 Å². The fourth-order valence-corrected chi connectivity index (χ4v) is 2.59. The highest BCUT2D eigenvalue weighted by atomic mass is 16.2. The van der Waals surface area contributed by atoms with Crippen molar-refractivity contribution < 1.29 is 9.59 Å². The van der Waals surface area contributed by atoms with Gasteiger partial charge >= 0.3 is 0 Å². The van der Waals surface area contributed by atoms with Crippen molar-refractivity contribution in [2.45, 2.75) is 26.7 Å². The van der Waals surface area contributed by atoms with Crippen LogP contribution in [0.3, 0.4) is 0 Å². The highest BCUT2D eigenvalue weighted by Gasteiger charge is 2.14. The summed E-state index contributed by atoms with van der Waals surface area (Å²) in [5.41, 5.74) is 1.91. The van der Waals surface area contributed by atoms with Gasteiger partial charge in [0.15, 0.2) is 0 Å². The summed E-state index contributed by atoms with van der Waals surface area (Å²) in [6.45, 7) is 5.79. The average molecular weight is 340 g/mol. The van der Waals surface area contributed by atoms with E-state index in [1.54, 1.807) is 4.90 Å². The molecule has 0 saturated carbocycles. The summed E-state index contributed by atoms with van der Waals surface area (Å²) in [7, 11) is 0. The molecule has 25 heavy (non-hydrogen) atoms. The van der Waals surface area contributed by atoms with E-state index >= 15 is 0 Å². The van der Waals surface area contributed by atoms with E-state index in [1.807, 2.05) is 44.2 Å². The Morgan fingerprint density at radius 3 is 2.52 bits per heavy atom. The van der Waals surface area contributed by atoms with Gasteiger partial charge in [0.05, 0.1) is 11.3 Å². The first-order valence-electron chi connectivity index (χ1n) is 8.58. The topological polar surface area (TPSA) is 75.2 Å². The summed E-state index contributed by atoms with van der Waals surface area (Å²) in [6.07, 6.45) is 3.99. The van der Waals surface area contributed by atoms with Crippen molar-refractivity contribution in [3.63, 3.8) is 0 Å². The summed E-state index contributed by atoms with van der Waals surface area (Å²) in [4.78, 5) is 34.4. The lowest BCUT2D eigenvalue weighted by Gasteiger charge is -2.18. The van der Waals surface area contributed by atoms with Gasteiger partial charge in [-0.1, -0.05) is 30.3 Å². The molecule has 0 saturated heterocycles. The van der Waals surface area contributed by atoms with E-state index in [0.29, 0.717) is 43.7 Å².